The molecule has 1 aromatic rings. The van der Waals surface area contributed by atoms with E-state index in [4.69, 9.17) is 9.47 Å². The Morgan fingerprint density at radius 3 is 2.29 bits per heavy atom. The molecule has 10 heteroatoms. The van der Waals surface area contributed by atoms with Gasteiger partial charge in [-0.25, -0.2) is 14.4 Å². The SMILES string of the molecule is COC(=O)C(=O)N1CC[C@H](NC(=O)OCc2ccccc2)[C@H](NC(=O)OC(C)(C)C)C1. The van der Waals surface area contributed by atoms with Crippen molar-refractivity contribution in [2.75, 3.05) is 20.2 Å². The molecule has 2 rings (SSSR count). The maximum atomic E-state index is 12.3. The summed E-state index contributed by atoms with van der Waals surface area (Å²) in [6.07, 6.45) is -1.06. The number of nitrogens with one attached hydrogen (secondary N) is 2. The molecule has 170 valence electrons. The van der Waals surface area contributed by atoms with Crippen LogP contribution in [0.4, 0.5) is 9.59 Å². The van der Waals surface area contributed by atoms with Crippen molar-refractivity contribution in [1.82, 2.24) is 15.5 Å². The lowest BCUT2D eigenvalue weighted by Crippen LogP contribution is -2.62. The van der Waals surface area contributed by atoms with Crippen molar-refractivity contribution < 1.29 is 33.4 Å². The molecule has 10 nitrogen and oxygen atoms in total. The van der Waals surface area contributed by atoms with E-state index in [2.05, 4.69) is 15.4 Å². The minimum Gasteiger partial charge on any atom is -0.462 e. The number of hydrogen-bond donors (Lipinski definition) is 2. The van der Waals surface area contributed by atoms with E-state index in [0.29, 0.717) is 6.42 Å². The first-order valence-electron chi connectivity index (χ1n) is 9.93. The Balaban J connectivity index is 2.02. The van der Waals surface area contributed by atoms with E-state index in [-0.39, 0.29) is 19.7 Å². The molecule has 1 saturated heterocycles. The molecule has 2 N–H and O–H groups in total. The van der Waals surface area contributed by atoms with Gasteiger partial charge in [0.15, 0.2) is 0 Å². The minimum absolute atomic E-state index is 0.00317. The average molecular weight is 435 g/mol. The number of carbonyl (C=O) groups excluding carboxylic acids is 4. The van der Waals surface area contributed by atoms with Gasteiger partial charge in [0.2, 0.25) is 0 Å². The Morgan fingerprint density at radius 1 is 1.03 bits per heavy atom. The van der Waals surface area contributed by atoms with Crippen LogP contribution in [-0.2, 0) is 30.4 Å². The maximum Gasteiger partial charge on any atom is 0.408 e. The second-order valence-electron chi connectivity index (χ2n) is 8.10. The van der Waals surface area contributed by atoms with Gasteiger partial charge in [0.1, 0.15) is 12.2 Å². The van der Waals surface area contributed by atoms with Crippen molar-refractivity contribution in [3.63, 3.8) is 0 Å². The van der Waals surface area contributed by atoms with Crippen LogP contribution < -0.4 is 10.6 Å². The fourth-order valence-corrected chi connectivity index (χ4v) is 3.05. The molecule has 0 spiro atoms. The number of carbonyl (C=O) groups is 4. The Labute approximate surface area is 181 Å². The number of rotatable bonds is 4. The largest absolute Gasteiger partial charge is 0.462 e. The third-order valence-electron chi connectivity index (χ3n) is 4.48. The molecular formula is C21H29N3O7. The van der Waals surface area contributed by atoms with E-state index in [0.717, 1.165) is 12.7 Å². The number of amides is 3. The van der Waals surface area contributed by atoms with E-state index >= 15 is 0 Å². The highest BCUT2D eigenvalue weighted by atomic mass is 16.6. The Hall–Kier alpha value is -3.30. The third kappa shape index (κ3) is 7.80. The van der Waals surface area contributed by atoms with Crippen LogP contribution in [0.25, 0.3) is 0 Å². The van der Waals surface area contributed by atoms with Crippen LogP contribution in [0, 0.1) is 0 Å². The number of esters is 1. The number of piperidine rings is 1. The van der Waals surface area contributed by atoms with Crippen LogP contribution in [0.2, 0.25) is 0 Å². The van der Waals surface area contributed by atoms with Crippen molar-refractivity contribution in [3.05, 3.63) is 35.9 Å². The van der Waals surface area contributed by atoms with Gasteiger partial charge >= 0.3 is 24.1 Å². The van der Waals surface area contributed by atoms with Gasteiger partial charge < -0.3 is 29.7 Å². The molecule has 0 radical (unpaired) electrons. The monoisotopic (exact) mass is 435 g/mol. The van der Waals surface area contributed by atoms with Crippen LogP contribution >= 0.6 is 0 Å². The molecule has 0 aliphatic carbocycles. The van der Waals surface area contributed by atoms with Crippen molar-refractivity contribution in [2.45, 2.75) is 51.5 Å². The maximum absolute atomic E-state index is 12.3. The summed E-state index contributed by atoms with van der Waals surface area (Å²) in [4.78, 5) is 49.6. The van der Waals surface area contributed by atoms with Crippen LogP contribution in [0.5, 0.6) is 0 Å². The van der Waals surface area contributed by atoms with Crippen LogP contribution in [0.15, 0.2) is 30.3 Å². The first kappa shape index (κ1) is 24.0. The van der Waals surface area contributed by atoms with Gasteiger partial charge in [0.05, 0.1) is 19.2 Å². The molecule has 31 heavy (non-hydrogen) atoms. The van der Waals surface area contributed by atoms with E-state index in [1.54, 1.807) is 20.8 Å². The quantitative estimate of drug-likeness (QED) is 0.418. The number of benzene rings is 1. The summed E-state index contributed by atoms with van der Waals surface area (Å²) in [5.41, 5.74) is 0.109. The lowest BCUT2D eigenvalue weighted by atomic mass is 9.99. The second-order valence-corrected chi connectivity index (χ2v) is 8.10. The summed E-state index contributed by atoms with van der Waals surface area (Å²) in [5, 5.41) is 5.39. The first-order valence-corrected chi connectivity index (χ1v) is 9.93. The lowest BCUT2D eigenvalue weighted by Gasteiger charge is -2.38. The standard InChI is InChI=1S/C21H29N3O7/c1-21(2,3)31-20(28)23-16-12-24(17(25)18(26)29-4)11-10-15(16)22-19(27)30-13-14-8-6-5-7-9-14/h5-9,15-16H,10-13H2,1-4H3,(H,22,27)(H,23,28)/t15-,16+/m0/s1. The average Bonchev–Trinajstić information content (AvgIpc) is 2.71. The molecule has 3 amide bonds. The molecule has 1 aliphatic rings. The number of ether oxygens (including phenoxy) is 3. The summed E-state index contributed by atoms with van der Waals surface area (Å²) in [7, 11) is 1.12. The fourth-order valence-electron chi connectivity index (χ4n) is 3.05. The molecule has 0 bridgehead atoms. The highest BCUT2D eigenvalue weighted by Gasteiger charge is 2.36. The van der Waals surface area contributed by atoms with Gasteiger partial charge in [0, 0.05) is 13.1 Å². The smallest absolute Gasteiger partial charge is 0.408 e. The lowest BCUT2D eigenvalue weighted by molar-refractivity contribution is -0.159. The predicted octanol–water partition coefficient (Wildman–Crippen LogP) is 1.58. The van der Waals surface area contributed by atoms with Crippen molar-refractivity contribution in [3.8, 4) is 0 Å². The van der Waals surface area contributed by atoms with Crippen LogP contribution in [-0.4, -0.2) is 66.8 Å². The zero-order valence-corrected chi connectivity index (χ0v) is 18.2. The normalized spacial score (nSPS) is 18.5. The van der Waals surface area contributed by atoms with Gasteiger partial charge in [-0.3, -0.25) is 4.79 Å². The predicted molar refractivity (Wildman–Crippen MR) is 110 cm³/mol. The molecule has 0 aromatic heterocycles. The van der Waals surface area contributed by atoms with Crippen LogP contribution in [0.1, 0.15) is 32.8 Å². The van der Waals surface area contributed by atoms with Crippen molar-refractivity contribution in [2.24, 2.45) is 0 Å². The molecule has 0 unspecified atom stereocenters. The number of methoxy groups -OCH3 is 1. The molecule has 1 heterocycles. The summed E-state index contributed by atoms with van der Waals surface area (Å²) < 4.78 is 15.0. The highest BCUT2D eigenvalue weighted by Crippen LogP contribution is 2.14. The zero-order valence-electron chi connectivity index (χ0n) is 18.2. The summed E-state index contributed by atoms with van der Waals surface area (Å²) in [6.45, 7) is 5.45. The fraction of sp³-hybridized carbons (Fsp3) is 0.524. The minimum atomic E-state index is -0.996. The number of alkyl carbamates (subject to hydrolysis) is 2. The van der Waals surface area contributed by atoms with E-state index in [9.17, 15) is 19.2 Å². The first-order chi connectivity index (χ1) is 14.6. The molecular weight excluding hydrogens is 406 g/mol. The summed E-state index contributed by atoms with van der Waals surface area (Å²) >= 11 is 0. The van der Waals surface area contributed by atoms with E-state index < -0.39 is 41.7 Å². The highest BCUT2D eigenvalue weighted by molar-refractivity contribution is 6.32. The Bertz CT molecular complexity index is 792. The zero-order chi connectivity index (χ0) is 23.0. The van der Waals surface area contributed by atoms with Gasteiger partial charge in [0.25, 0.3) is 0 Å². The topological polar surface area (TPSA) is 123 Å². The van der Waals surface area contributed by atoms with Gasteiger partial charge in [-0.05, 0) is 32.8 Å². The van der Waals surface area contributed by atoms with E-state index in [1.807, 2.05) is 30.3 Å². The van der Waals surface area contributed by atoms with Crippen molar-refractivity contribution >= 4 is 24.1 Å². The number of likely N-dealkylation sites (tertiary alicyclic amines) is 1. The summed E-state index contributed by atoms with van der Waals surface area (Å²) in [6, 6.07) is 7.98. The van der Waals surface area contributed by atoms with Gasteiger partial charge in [-0.2, -0.15) is 0 Å². The molecule has 1 aromatic carbocycles. The Kier molecular flexibility index (Phi) is 8.23. The van der Waals surface area contributed by atoms with Crippen molar-refractivity contribution in [1.29, 1.82) is 0 Å². The number of hydrogen-bond acceptors (Lipinski definition) is 7. The van der Waals surface area contributed by atoms with Gasteiger partial charge in [-0.15, -0.1) is 0 Å². The third-order valence-corrected chi connectivity index (χ3v) is 4.48. The molecule has 1 aliphatic heterocycles. The summed E-state index contributed by atoms with van der Waals surface area (Å²) in [5.74, 6) is -1.81. The van der Waals surface area contributed by atoms with E-state index in [1.165, 1.54) is 4.90 Å². The molecule has 0 saturated carbocycles. The Morgan fingerprint density at radius 2 is 1.68 bits per heavy atom. The van der Waals surface area contributed by atoms with Gasteiger partial charge in [-0.1, -0.05) is 30.3 Å². The second kappa shape index (κ2) is 10.6. The van der Waals surface area contributed by atoms with Crippen LogP contribution in [0.3, 0.4) is 0 Å². The molecule has 2 atom stereocenters. The molecule has 1 fully saturated rings. The number of nitrogens with zero attached hydrogens (tertiary/aromatic N) is 1.